The lowest BCUT2D eigenvalue weighted by Crippen LogP contribution is -2.39. The fraction of sp³-hybridized carbons (Fsp3) is 0.294. The van der Waals surface area contributed by atoms with Gasteiger partial charge in [0, 0.05) is 17.1 Å². The molecule has 26 heavy (non-hydrogen) atoms. The number of carbonyl (C=O) groups excluding carboxylic acids is 2. The Morgan fingerprint density at radius 2 is 2.00 bits per heavy atom. The maximum absolute atomic E-state index is 13.3. The van der Waals surface area contributed by atoms with Gasteiger partial charge in [0.2, 0.25) is 0 Å². The molecule has 3 rings (SSSR count). The Morgan fingerprint density at radius 3 is 2.65 bits per heavy atom. The Bertz CT molecular complexity index is 821. The molecule has 2 aromatic rings. The average molecular weight is 386 g/mol. The largest absolute Gasteiger partial charge is 0.419 e. The standard InChI is InChI=1S/C17H14F4N2O2S/c18-12-6-5-10(9-11(12)17(19,20)21)22-15(24)16(25)23-7-1-3-13(23)14-4-2-8-26-14/h2,4-6,8-9,13H,1,3,7H2,(H,22,24). The van der Waals surface area contributed by atoms with Crippen LogP contribution in [0.25, 0.3) is 0 Å². The van der Waals surface area contributed by atoms with Crippen LogP contribution in [0.4, 0.5) is 23.2 Å². The van der Waals surface area contributed by atoms with E-state index < -0.39 is 29.4 Å². The lowest BCUT2D eigenvalue weighted by molar-refractivity contribution is -0.143. The van der Waals surface area contributed by atoms with E-state index in [0.717, 1.165) is 17.4 Å². The zero-order valence-electron chi connectivity index (χ0n) is 13.3. The lowest BCUT2D eigenvalue weighted by atomic mass is 10.1. The molecule has 1 aliphatic rings. The molecule has 0 bridgehead atoms. The molecule has 0 spiro atoms. The van der Waals surface area contributed by atoms with Crippen molar-refractivity contribution in [3.05, 3.63) is 52.0 Å². The van der Waals surface area contributed by atoms with Crippen molar-refractivity contribution in [1.82, 2.24) is 4.90 Å². The number of alkyl halides is 3. The van der Waals surface area contributed by atoms with Gasteiger partial charge in [-0.1, -0.05) is 6.07 Å². The van der Waals surface area contributed by atoms with Crippen LogP contribution in [0.15, 0.2) is 35.7 Å². The Morgan fingerprint density at radius 1 is 1.23 bits per heavy atom. The van der Waals surface area contributed by atoms with Gasteiger partial charge < -0.3 is 10.2 Å². The lowest BCUT2D eigenvalue weighted by Gasteiger charge is -2.23. The second-order valence-electron chi connectivity index (χ2n) is 5.82. The molecule has 1 unspecified atom stereocenters. The molecule has 1 fully saturated rings. The van der Waals surface area contributed by atoms with Gasteiger partial charge in [-0.15, -0.1) is 11.3 Å². The molecule has 1 atom stereocenters. The van der Waals surface area contributed by atoms with E-state index in [-0.39, 0.29) is 11.7 Å². The van der Waals surface area contributed by atoms with E-state index in [2.05, 4.69) is 5.32 Å². The van der Waals surface area contributed by atoms with E-state index in [1.165, 1.54) is 16.2 Å². The summed E-state index contributed by atoms with van der Waals surface area (Å²) >= 11 is 1.47. The molecule has 0 radical (unpaired) electrons. The number of benzene rings is 1. The first-order chi connectivity index (χ1) is 12.3. The van der Waals surface area contributed by atoms with Crippen molar-refractivity contribution in [3.8, 4) is 0 Å². The van der Waals surface area contributed by atoms with Gasteiger partial charge in [0.25, 0.3) is 0 Å². The maximum Gasteiger partial charge on any atom is 0.419 e. The molecule has 0 aliphatic carbocycles. The number of likely N-dealkylation sites (tertiary alicyclic amines) is 1. The van der Waals surface area contributed by atoms with Gasteiger partial charge in [0.05, 0.1) is 11.6 Å². The molecule has 1 aromatic carbocycles. The summed E-state index contributed by atoms with van der Waals surface area (Å²) in [4.78, 5) is 27.0. The summed E-state index contributed by atoms with van der Waals surface area (Å²) in [6.07, 6.45) is -3.45. The van der Waals surface area contributed by atoms with Crippen molar-refractivity contribution >= 4 is 28.8 Å². The summed E-state index contributed by atoms with van der Waals surface area (Å²) in [5, 5.41) is 4.00. The van der Waals surface area contributed by atoms with Gasteiger partial charge in [-0.05, 0) is 42.5 Å². The van der Waals surface area contributed by atoms with Crippen LogP contribution < -0.4 is 5.32 Å². The number of rotatable bonds is 2. The number of nitrogens with one attached hydrogen (secondary N) is 1. The third kappa shape index (κ3) is 3.72. The molecule has 1 N–H and O–H groups in total. The van der Waals surface area contributed by atoms with Gasteiger partial charge in [-0.2, -0.15) is 13.2 Å². The predicted octanol–water partition coefficient (Wildman–Crippen LogP) is 4.21. The van der Waals surface area contributed by atoms with E-state index >= 15 is 0 Å². The van der Waals surface area contributed by atoms with Gasteiger partial charge >= 0.3 is 18.0 Å². The molecule has 1 aromatic heterocycles. The molecular weight excluding hydrogens is 372 g/mol. The van der Waals surface area contributed by atoms with Crippen LogP contribution in [-0.2, 0) is 15.8 Å². The van der Waals surface area contributed by atoms with Crippen LogP contribution in [0, 0.1) is 5.82 Å². The van der Waals surface area contributed by atoms with Crippen LogP contribution in [0.3, 0.4) is 0 Å². The Hall–Kier alpha value is -2.42. The fourth-order valence-corrected chi connectivity index (χ4v) is 3.80. The van der Waals surface area contributed by atoms with Gasteiger partial charge in [-0.3, -0.25) is 9.59 Å². The third-order valence-corrected chi connectivity index (χ3v) is 5.08. The minimum atomic E-state index is -4.89. The smallest absolute Gasteiger partial charge is 0.327 e. The normalized spacial score (nSPS) is 17.4. The highest BCUT2D eigenvalue weighted by Gasteiger charge is 2.36. The van der Waals surface area contributed by atoms with Crippen LogP contribution in [-0.4, -0.2) is 23.3 Å². The van der Waals surface area contributed by atoms with Crippen molar-refractivity contribution in [2.75, 3.05) is 11.9 Å². The van der Waals surface area contributed by atoms with Crippen molar-refractivity contribution < 1.29 is 27.2 Å². The molecule has 1 saturated heterocycles. The summed E-state index contributed by atoms with van der Waals surface area (Å²) < 4.78 is 51.6. The minimum Gasteiger partial charge on any atom is -0.327 e. The Balaban J connectivity index is 1.75. The molecule has 4 nitrogen and oxygen atoms in total. The third-order valence-electron chi connectivity index (χ3n) is 4.11. The second-order valence-corrected chi connectivity index (χ2v) is 6.80. The number of hydrogen-bond donors (Lipinski definition) is 1. The first kappa shape index (κ1) is 18.4. The number of anilines is 1. The van der Waals surface area contributed by atoms with Crippen LogP contribution in [0.1, 0.15) is 29.3 Å². The van der Waals surface area contributed by atoms with E-state index in [0.29, 0.717) is 25.1 Å². The van der Waals surface area contributed by atoms with Crippen LogP contribution >= 0.6 is 11.3 Å². The van der Waals surface area contributed by atoms with Crippen LogP contribution in [0.5, 0.6) is 0 Å². The topological polar surface area (TPSA) is 49.4 Å². The monoisotopic (exact) mass is 386 g/mol. The summed E-state index contributed by atoms with van der Waals surface area (Å²) in [7, 11) is 0. The molecule has 2 amide bonds. The SMILES string of the molecule is O=C(Nc1ccc(F)c(C(F)(F)F)c1)C(=O)N1CCCC1c1cccs1. The quantitative estimate of drug-likeness (QED) is 0.621. The summed E-state index contributed by atoms with van der Waals surface area (Å²) in [6, 6.07) is 5.56. The van der Waals surface area contributed by atoms with E-state index in [1.807, 2.05) is 17.5 Å². The zero-order valence-corrected chi connectivity index (χ0v) is 14.2. The number of amides is 2. The molecule has 0 saturated carbocycles. The molecule has 9 heteroatoms. The van der Waals surface area contributed by atoms with E-state index in [9.17, 15) is 27.2 Å². The maximum atomic E-state index is 13.3. The van der Waals surface area contributed by atoms with E-state index in [1.54, 1.807) is 0 Å². The first-order valence-corrected chi connectivity index (χ1v) is 8.67. The predicted molar refractivity (Wildman–Crippen MR) is 88.0 cm³/mol. The van der Waals surface area contributed by atoms with Gasteiger partial charge in [0.15, 0.2) is 0 Å². The second kappa shape index (κ2) is 7.06. The summed E-state index contributed by atoms with van der Waals surface area (Å²) in [5.41, 5.74) is -1.79. The molecule has 138 valence electrons. The minimum absolute atomic E-state index is 0.216. The van der Waals surface area contributed by atoms with Crippen LogP contribution in [0.2, 0.25) is 0 Å². The Kier molecular flexibility index (Phi) is 4.99. The average Bonchev–Trinajstić information content (AvgIpc) is 3.25. The molecule has 2 heterocycles. The van der Waals surface area contributed by atoms with Crippen molar-refractivity contribution in [2.45, 2.75) is 25.1 Å². The number of thiophene rings is 1. The van der Waals surface area contributed by atoms with Crippen molar-refractivity contribution in [3.63, 3.8) is 0 Å². The van der Waals surface area contributed by atoms with Gasteiger partial charge in [0.1, 0.15) is 5.82 Å². The van der Waals surface area contributed by atoms with E-state index in [4.69, 9.17) is 0 Å². The zero-order chi connectivity index (χ0) is 18.9. The first-order valence-electron chi connectivity index (χ1n) is 7.79. The number of hydrogen-bond acceptors (Lipinski definition) is 3. The molecular formula is C17H14F4N2O2S. The van der Waals surface area contributed by atoms with Crippen molar-refractivity contribution in [2.24, 2.45) is 0 Å². The summed E-state index contributed by atoms with van der Waals surface area (Å²) in [5.74, 6) is -3.31. The number of halogens is 4. The highest BCUT2D eigenvalue weighted by atomic mass is 32.1. The molecule has 1 aliphatic heterocycles. The van der Waals surface area contributed by atoms with Crippen molar-refractivity contribution in [1.29, 1.82) is 0 Å². The highest BCUT2D eigenvalue weighted by molar-refractivity contribution is 7.10. The Labute approximate surface area is 150 Å². The fourth-order valence-electron chi connectivity index (χ4n) is 2.92. The summed E-state index contributed by atoms with van der Waals surface area (Å²) in [6.45, 7) is 0.395. The number of carbonyl (C=O) groups is 2. The highest BCUT2D eigenvalue weighted by Crippen LogP contribution is 2.35. The number of nitrogens with zero attached hydrogens (tertiary/aromatic N) is 1. The van der Waals surface area contributed by atoms with Gasteiger partial charge in [-0.25, -0.2) is 4.39 Å².